The predicted octanol–water partition coefficient (Wildman–Crippen LogP) is 3.98. The van der Waals surface area contributed by atoms with E-state index < -0.39 is 6.29 Å². The van der Waals surface area contributed by atoms with E-state index in [-0.39, 0.29) is 23.8 Å². The first-order valence-electron chi connectivity index (χ1n) is 6.04. The van der Waals surface area contributed by atoms with Crippen molar-refractivity contribution in [3.63, 3.8) is 0 Å². The van der Waals surface area contributed by atoms with Gasteiger partial charge in [-0.1, -0.05) is 11.6 Å². The topological polar surface area (TPSA) is 50.7 Å². The van der Waals surface area contributed by atoms with Crippen LogP contribution in [0.5, 0.6) is 17.2 Å². The Balaban J connectivity index is 1.74. The maximum absolute atomic E-state index is 12.9. The average molecular weight is 314 g/mol. The van der Waals surface area contributed by atoms with Gasteiger partial charge < -0.3 is 19.9 Å². The highest BCUT2D eigenvalue weighted by atomic mass is 35.5. The summed E-state index contributed by atoms with van der Waals surface area (Å²) < 4.78 is 34.5. The fourth-order valence-corrected chi connectivity index (χ4v) is 2.15. The summed E-state index contributed by atoms with van der Waals surface area (Å²) in [5, 5.41) is 13.2. The molecule has 7 heteroatoms. The summed E-state index contributed by atoms with van der Waals surface area (Å²) in [6.07, 6.45) is -3.63. The fraction of sp³-hybridized carbons (Fsp3) is 0.143. The van der Waals surface area contributed by atoms with E-state index in [1.54, 1.807) is 18.2 Å². The van der Waals surface area contributed by atoms with Crippen LogP contribution in [0.2, 0.25) is 5.02 Å². The zero-order valence-corrected chi connectivity index (χ0v) is 11.3. The highest BCUT2D eigenvalue weighted by molar-refractivity contribution is 6.30. The number of nitrogens with one attached hydrogen (secondary N) is 1. The molecule has 0 bridgehead atoms. The first-order chi connectivity index (χ1) is 9.93. The van der Waals surface area contributed by atoms with Crippen molar-refractivity contribution >= 4 is 17.3 Å². The van der Waals surface area contributed by atoms with E-state index in [9.17, 15) is 13.9 Å². The van der Waals surface area contributed by atoms with Gasteiger partial charge in [-0.2, -0.15) is 0 Å². The third-order valence-corrected chi connectivity index (χ3v) is 3.16. The maximum Gasteiger partial charge on any atom is 0.586 e. The number of hydrogen-bond donors (Lipinski definition) is 2. The number of alkyl halides is 2. The van der Waals surface area contributed by atoms with Gasteiger partial charge in [0.25, 0.3) is 0 Å². The molecule has 0 aliphatic carbocycles. The monoisotopic (exact) mass is 313 g/mol. The third kappa shape index (κ3) is 2.95. The van der Waals surface area contributed by atoms with Crippen LogP contribution in [-0.2, 0) is 6.54 Å². The summed E-state index contributed by atoms with van der Waals surface area (Å²) in [6, 6.07) is 9.03. The van der Waals surface area contributed by atoms with Gasteiger partial charge in [-0.15, -0.1) is 8.78 Å². The Labute approximate surface area is 123 Å². The first kappa shape index (κ1) is 13.8. The lowest BCUT2D eigenvalue weighted by molar-refractivity contribution is -0.286. The van der Waals surface area contributed by atoms with Crippen molar-refractivity contribution in [1.29, 1.82) is 0 Å². The summed E-state index contributed by atoms with van der Waals surface area (Å²) in [7, 11) is 0. The predicted molar refractivity (Wildman–Crippen MR) is 73.1 cm³/mol. The lowest BCUT2D eigenvalue weighted by atomic mass is 10.2. The van der Waals surface area contributed by atoms with Gasteiger partial charge in [-0.05, 0) is 30.3 Å². The first-order valence-corrected chi connectivity index (χ1v) is 6.42. The van der Waals surface area contributed by atoms with Crippen LogP contribution >= 0.6 is 11.6 Å². The number of rotatable bonds is 3. The molecule has 1 heterocycles. The van der Waals surface area contributed by atoms with Crippen molar-refractivity contribution in [1.82, 2.24) is 0 Å². The van der Waals surface area contributed by atoms with E-state index >= 15 is 0 Å². The van der Waals surface area contributed by atoms with Gasteiger partial charge in [0.1, 0.15) is 5.75 Å². The Bertz CT molecular complexity index is 694. The molecule has 4 nitrogen and oxygen atoms in total. The molecule has 0 unspecified atom stereocenters. The van der Waals surface area contributed by atoms with Crippen molar-refractivity contribution in [2.45, 2.75) is 12.8 Å². The van der Waals surface area contributed by atoms with Gasteiger partial charge in [-0.3, -0.25) is 0 Å². The molecule has 1 aliphatic heterocycles. The van der Waals surface area contributed by atoms with Crippen LogP contribution in [0, 0.1) is 0 Å². The number of phenols is 1. The van der Waals surface area contributed by atoms with Gasteiger partial charge >= 0.3 is 6.29 Å². The standard InChI is InChI=1S/C14H10ClF2NO3/c15-9-1-3-11(19)8(5-9)7-18-10-2-4-12-13(6-10)21-14(16,17)20-12/h1-6,18-19H,7H2. The van der Waals surface area contributed by atoms with E-state index in [2.05, 4.69) is 14.8 Å². The SMILES string of the molecule is Oc1ccc(Cl)cc1CNc1ccc2c(c1)OC(F)(F)O2. The maximum atomic E-state index is 12.9. The molecule has 2 aromatic rings. The smallest absolute Gasteiger partial charge is 0.508 e. The van der Waals surface area contributed by atoms with Crippen LogP contribution in [0.25, 0.3) is 0 Å². The average Bonchev–Trinajstić information content (AvgIpc) is 2.72. The molecular formula is C14H10ClF2NO3. The molecule has 21 heavy (non-hydrogen) atoms. The lowest BCUT2D eigenvalue weighted by Gasteiger charge is -2.09. The number of hydrogen-bond acceptors (Lipinski definition) is 4. The molecule has 0 saturated heterocycles. The molecule has 110 valence electrons. The molecule has 0 saturated carbocycles. The van der Waals surface area contributed by atoms with Gasteiger partial charge in [-0.25, -0.2) is 0 Å². The second-order valence-corrected chi connectivity index (χ2v) is 4.89. The summed E-state index contributed by atoms with van der Waals surface area (Å²) in [6.45, 7) is 0.280. The third-order valence-electron chi connectivity index (χ3n) is 2.93. The van der Waals surface area contributed by atoms with Crippen LogP contribution in [0.1, 0.15) is 5.56 Å². The van der Waals surface area contributed by atoms with Crippen molar-refractivity contribution in [3.05, 3.63) is 47.0 Å². The van der Waals surface area contributed by atoms with Crippen molar-refractivity contribution < 1.29 is 23.4 Å². The van der Waals surface area contributed by atoms with E-state index in [1.165, 1.54) is 18.2 Å². The van der Waals surface area contributed by atoms with Crippen LogP contribution in [0.3, 0.4) is 0 Å². The number of phenolic OH excluding ortho intramolecular Hbond substituents is 1. The lowest BCUT2D eigenvalue weighted by Crippen LogP contribution is -2.25. The Hall–Kier alpha value is -2.21. The van der Waals surface area contributed by atoms with Crippen molar-refractivity contribution in [2.75, 3.05) is 5.32 Å². The molecule has 0 aromatic heterocycles. The summed E-state index contributed by atoms with van der Waals surface area (Å²) >= 11 is 5.85. The van der Waals surface area contributed by atoms with Gasteiger partial charge in [0.15, 0.2) is 11.5 Å². The van der Waals surface area contributed by atoms with Crippen molar-refractivity contribution in [3.8, 4) is 17.2 Å². The van der Waals surface area contributed by atoms with Gasteiger partial charge in [0, 0.05) is 28.9 Å². The molecule has 0 fully saturated rings. The summed E-state index contributed by atoms with van der Waals surface area (Å²) in [4.78, 5) is 0. The van der Waals surface area contributed by atoms with E-state index in [0.717, 1.165) is 0 Å². The highest BCUT2D eigenvalue weighted by Gasteiger charge is 2.43. The minimum absolute atomic E-state index is 0.0175. The summed E-state index contributed by atoms with van der Waals surface area (Å²) in [5.74, 6) is 0.0376. The second kappa shape index (κ2) is 4.96. The Kier molecular flexibility index (Phi) is 3.25. The molecular weight excluding hydrogens is 304 g/mol. The summed E-state index contributed by atoms with van der Waals surface area (Å²) in [5.41, 5.74) is 1.14. The minimum Gasteiger partial charge on any atom is -0.508 e. The Morgan fingerprint density at radius 3 is 2.67 bits per heavy atom. The Morgan fingerprint density at radius 2 is 1.86 bits per heavy atom. The molecule has 0 radical (unpaired) electrons. The molecule has 1 aliphatic rings. The normalized spacial score (nSPS) is 15.0. The van der Waals surface area contributed by atoms with Crippen LogP contribution in [-0.4, -0.2) is 11.4 Å². The number of fused-ring (bicyclic) bond motifs is 1. The zero-order valence-electron chi connectivity index (χ0n) is 10.6. The van der Waals surface area contributed by atoms with Crippen LogP contribution in [0.15, 0.2) is 36.4 Å². The number of benzene rings is 2. The molecule has 0 atom stereocenters. The number of anilines is 1. The van der Waals surface area contributed by atoms with Crippen LogP contribution in [0.4, 0.5) is 14.5 Å². The number of ether oxygens (including phenoxy) is 2. The number of halogens is 3. The minimum atomic E-state index is -3.63. The molecule has 2 N–H and O–H groups in total. The highest BCUT2D eigenvalue weighted by Crippen LogP contribution is 2.42. The van der Waals surface area contributed by atoms with E-state index in [1.807, 2.05) is 0 Å². The molecule has 0 amide bonds. The molecule has 3 rings (SSSR count). The molecule has 2 aromatic carbocycles. The van der Waals surface area contributed by atoms with E-state index in [0.29, 0.717) is 16.3 Å². The second-order valence-electron chi connectivity index (χ2n) is 4.46. The van der Waals surface area contributed by atoms with E-state index in [4.69, 9.17) is 11.6 Å². The van der Waals surface area contributed by atoms with Gasteiger partial charge in [0.05, 0.1) is 0 Å². The van der Waals surface area contributed by atoms with Crippen LogP contribution < -0.4 is 14.8 Å². The fourth-order valence-electron chi connectivity index (χ4n) is 1.95. The number of aromatic hydroxyl groups is 1. The Morgan fingerprint density at radius 1 is 1.10 bits per heavy atom. The van der Waals surface area contributed by atoms with Gasteiger partial charge in [0.2, 0.25) is 0 Å². The quantitative estimate of drug-likeness (QED) is 0.900. The largest absolute Gasteiger partial charge is 0.586 e. The van der Waals surface area contributed by atoms with Crippen molar-refractivity contribution in [2.24, 2.45) is 0 Å². The zero-order chi connectivity index (χ0) is 15.0. The molecule has 0 spiro atoms.